The molecule has 3 aromatic carbocycles. The smallest absolute Gasteiger partial charge is 0.248 e. The van der Waals surface area contributed by atoms with Crippen molar-refractivity contribution in [1.82, 2.24) is 10.2 Å². The number of rotatable bonds is 5. The lowest BCUT2D eigenvalue weighted by Crippen LogP contribution is -1.98. The minimum Gasteiger partial charge on any atom is -0.489 e. The third kappa shape index (κ3) is 3.96. The first-order valence-corrected chi connectivity index (χ1v) is 9.28. The second-order valence-electron chi connectivity index (χ2n) is 7.05. The van der Waals surface area contributed by atoms with Gasteiger partial charge in [-0.1, -0.05) is 53.1 Å². The molecule has 0 radical (unpaired) electrons. The van der Waals surface area contributed by atoms with Crippen molar-refractivity contribution in [2.24, 2.45) is 0 Å². The van der Waals surface area contributed by atoms with Gasteiger partial charge in [0, 0.05) is 16.7 Å². The number of ether oxygens (including phenoxy) is 1. The molecule has 0 saturated heterocycles. The van der Waals surface area contributed by atoms with Crippen LogP contribution in [0.3, 0.4) is 0 Å². The van der Waals surface area contributed by atoms with Gasteiger partial charge in [0.05, 0.1) is 0 Å². The molecular weight excluding hydrogens is 348 g/mol. The van der Waals surface area contributed by atoms with E-state index in [1.807, 2.05) is 48.5 Å². The number of benzene rings is 3. The number of aryl methyl sites for hydroxylation is 3. The molecule has 0 aliphatic carbocycles. The van der Waals surface area contributed by atoms with Crippen molar-refractivity contribution in [2.75, 3.05) is 0 Å². The molecule has 4 rings (SSSR count). The van der Waals surface area contributed by atoms with Crippen LogP contribution in [0.15, 0.2) is 71.1 Å². The highest BCUT2D eigenvalue weighted by atomic mass is 16.5. The fourth-order valence-corrected chi connectivity index (χ4v) is 3.20. The first-order valence-electron chi connectivity index (χ1n) is 9.28. The summed E-state index contributed by atoms with van der Waals surface area (Å²) in [5.74, 6) is 1.86. The Morgan fingerprint density at radius 3 is 2.18 bits per heavy atom. The molecule has 4 aromatic rings. The van der Waals surface area contributed by atoms with E-state index in [-0.39, 0.29) is 0 Å². The monoisotopic (exact) mass is 370 g/mol. The van der Waals surface area contributed by atoms with Gasteiger partial charge in [0.1, 0.15) is 12.4 Å². The molecule has 0 aliphatic heterocycles. The summed E-state index contributed by atoms with van der Waals surface area (Å²) in [6, 6.07) is 22.2. The van der Waals surface area contributed by atoms with E-state index in [1.54, 1.807) is 0 Å². The maximum absolute atomic E-state index is 6.00. The average molecular weight is 370 g/mol. The summed E-state index contributed by atoms with van der Waals surface area (Å²) in [4.78, 5) is 0. The fraction of sp³-hybridized carbons (Fsp3) is 0.167. The van der Waals surface area contributed by atoms with Gasteiger partial charge in [-0.2, -0.15) is 0 Å². The van der Waals surface area contributed by atoms with Crippen molar-refractivity contribution in [3.8, 4) is 28.7 Å². The molecule has 1 heterocycles. The molecule has 0 amide bonds. The van der Waals surface area contributed by atoms with E-state index in [2.05, 4.69) is 49.2 Å². The SMILES string of the molecule is Cc1ccc(OCc2ccccc2-c2nnc(-c3cc(C)cc(C)c3)o2)cc1. The quantitative estimate of drug-likeness (QED) is 0.438. The summed E-state index contributed by atoms with van der Waals surface area (Å²) in [7, 11) is 0. The van der Waals surface area contributed by atoms with Crippen molar-refractivity contribution in [2.45, 2.75) is 27.4 Å². The molecule has 0 unspecified atom stereocenters. The second kappa shape index (κ2) is 7.69. The Bertz CT molecular complexity index is 1080. The molecule has 0 spiro atoms. The van der Waals surface area contributed by atoms with Gasteiger partial charge in [0.15, 0.2) is 0 Å². The van der Waals surface area contributed by atoms with Gasteiger partial charge < -0.3 is 9.15 Å². The van der Waals surface area contributed by atoms with Crippen LogP contribution in [0, 0.1) is 20.8 Å². The van der Waals surface area contributed by atoms with Crippen LogP contribution in [0.25, 0.3) is 22.9 Å². The molecule has 0 N–H and O–H groups in total. The molecule has 0 bridgehead atoms. The summed E-state index contributed by atoms with van der Waals surface area (Å²) in [5, 5.41) is 8.53. The molecule has 28 heavy (non-hydrogen) atoms. The van der Waals surface area contributed by atoms with Gasteiger partial charge in [-0.25, -0.2) is 0 Å². The van der Waals surface area contributed by atoms with Gasteiger partial charge in [-0.05, 0) is 51.1 Å². The van der Waals surface area contributed by atoms with Crippen molar-refractivity contribution < 1.29 is 9.15 Å². The molecular formula is C24H22N2O2. The van der Waals surface area contributed by atoms with Crippen LogP contribution in [-0.4, -0.2) is 10.2 Å². The van der Waals surface area contributed by atoms with Gasteiger partial charge >= 0.3 is 0 Å². The number of nitrogens with zero attached hydrogens (tertiary/aromatic N) is 2. The minimum absolute atomic E-state index is 0.431. The molecule has 4 nitrogen and oxygen atoms in total. The first kappa shape index (κ1) is 18.0. The second-order valence-corrected chi connectivity index (χ2v) is 7.05. The zero-order chi connectivity index (χ0) is 19.5. The highest BCUT2D eigenvalue weighted by molar-refractivity contribution is 5.62. The van der Waals surface area contributed by atoms with Crippen LogP contribution in [0.1, 0.15) is 22.3 Å². The molecule has 0 saturated carbocycles. The number of aromatic nitrogens is 2. The Hall–Kier alpha value is -3.40. The van der Waals surface area contributed by atoms with E-state index in [0.29, 0.717) is 18.4 Å². The van der Waals surface area contributed by atoms with Gasteiger partial charge in [-0.3, -0.25) is 0 Å². The lowest BCUT2D eigenvalue weighted by atomic mass is 10.1. The number of hydrogen-bond donors (Lipinski definition) is 0. The van der Waals surface area contributed by atoms with E-state index in [0.717, 1.165) is 22.4 Å². The van der Waals surface area contributed by atoms with Gasteiger partial charge in [0.2, 0.25) is 11.8 Å². The van der Waals surface area contributed by atoms with E-state index >= 15 is 0 Å². The van der Waals surface area contributed by atoms with Crippen LogP contribution in [0.2, 0.25) is 0 Å². The lowest BCUT2D eigenvalue weighted by molar-refractivity contribution is 0.306. The van der Waals surface area contributed by atoms with Crippen LogP contribution in [0.5, 0.6) is 5.75 Å². The normalized spacial score (nSPS) is 10.8. The molecule has 0 fully saturated rings. The van der Waals surface area contributed by atoms with Gasteiger partial charge in [0.25, 0.3) is 0 Å². The summed E-state index contributed by atoms with van der Waals surface area (Å²) in [6.07, 6.45) is 0. The maximum Gasteiger partial charge on any atom is 0.248 e. The van der Waals surface area contributed by atoms with Crippen LogP contribution < -0.4 is 4.74 Å². The summed E-state index contributed by atoms with van der Waals surface area (Å²) in [5.41, 5.74) is 6.36. The van der Waals surface area contributed by atoms with E-state index in [4.69, 9.17) is 9.15 Å². The van der Waals surface area contributed by atoms with E-state index in [1.165, 1.54) is 16.7 Å². The first-order chi connectivity index (χ1) is 13.6. The average Bonchev–Trinajstić information content (AvgIpc) is 3.17. The van der Waals surface area contributed by atoms with Crippen LogP contribution >= 0.6 is 0 Å². The topological polar surface area (TPSA) is 48.2 Å². The predicted octanol–water partition coefficient (Wildman–Crippen LogP) is 5.91. The fourth-order valence-electron chi connectivity index (χ4n) is 3.20. The Kier molecular flexibility index (Phi) is 4.94. The van der Waals surface area contributed by atoms with E-state index in [9.17, 15) is 0 Å². The Balaban J connectivity index is 1.60. The highest BCUT2D eigenvalue weighted by Gasteiger charge is 2.14. The maximum atomic E-state index is 6.00. The summed E-state index contributed by atoms with van der Waals surface area (Å²) < 4.78 is 11.9. The zero-order valence-corrected chi connectivity index (χ0v) is 16.3. The third-order valence-electron chi connectivity index (χ3n) is 4.56. The predicted molar refractivity (Wildman–Crippen MR) is 110 cm³/mol. The highest BCUT2D eigenvalue weighted by Crippen LogP contribution is 2.28. The molecule has 4 heteroatoms. The molecule has 140 valence electrons. The zero-order valence-electron chi connectivity index (χ0n) is 16.3. The Morgan fingerprint density at radius 1 is 0.750 bits per heavy atom. The standard InChI is InChI=1S/C24H22N2O2/c1-16-8-10-21(11-9-16)27-15-19-6-4-5-7-22(19)24-26-25-23(28-24)20-13-17(2)12-18(3)14-20/h4-14H,15H2,1-3H3. The van der Waals surface area contributed by atoms with Crippen molar-refractivity contribution in [1.29, 1.82) is 0 Å². The van der Waals surface area contributed by atoms with Gasteiger partial charge in [-0.15, -0.1) is 10.2 Å². The summed E-state index contributed by atoms with van der Waals surface area (Å²) >= 11 is 0. The van der Waals surface area contributed by atoms with Crippen LogP contribution in [-0.2, 0) is 6.61 Å². The summed E-state index contributed by atoms with van der Waals surface area (Å²) in [6.45, 7) is 6.61. The number of hydrogen-bond acceptors (Lipinski definition) is 4. The Labute approximate surface area is 164 Å². The third-order valence-corrected chi connectivity index (χ3v) is 4.56. The van der Waals surface area contributed by atoms with E-state index < -0.39 is 0 Å². The van der Waals surface area contributed by atoms with Crippen molar-refractivity contribution in [3.05, 3.63) is 89.0 Å². The molecule has 0 atom stereocenters. The lowest BCUT2D eigenvalue weighted by Gasteiger charge is -2.09. The van der Waals surface area contributed by atoms with Crippen LogP contribution in [0.4, 0.5) is 0 Å². The molecule has 0 aliphatic rings. The largest absolute Gasteiger partial charge is 0.489 e. The van der Waals surface area contributed by atoms with Crippen molar-refractivity contribution >= 4 is 0 Å². The Morgan fingerprint density at radius 2 is 1.43 bits per heavy atom. The van der Waals surface area contributed by atoms with Crippen molar-refractivity contribution in [3.63, 3.8) is 0 Å². The minimum atomic E-state index is 0.431. The molecule has 1 aromatic heterocycles.